The fraction of sp³-hybridized carbons (Fsp3) is 0.818. The topological polar surface area (TPSA) is 15.3 Å². The minimum absolute atomic E-state index is 0.274. The van der Waals surface area contributed by atoms with Crippen molar-refractivity contribution < 1.29 is 0 Å². The number of rotatable bonds is 6. The first-order valence-electron chi connectivity index (χ1n) is 4.96. The van der Waals surface area contributed by atoms with Gasteiger partial charge in [-0.15, -0.1) is 0 Å². The van der Waals surface area contributed by atoms with Gasteiger partial charge >= 0.3 is 0 Å². The Morgan fingerprint density at radius 2 is 2.00 bits per heavy atom. The van der Waals surface area contributed by atoms with Gasteiger partial charge in [0.15, 0.2) is 0 Å². The van der Waals surface area contributed by atoms with Crippen LogP contribution >= 0.6 is 0 Å². The van der Waals surface area contributed by atoms with Crippen LogP contribution in [0.4, 0.5) is 0 Å². The molecule has 0 unspecified atom stereocenters. The molecule has 0 rings (SSSR count). The molecule has 0 amide bonds. The molecule has 0 aliphatic rings. The third-order valence-corrected chi connectivity index (χ3v) is 2.79. The van der Waals surface area contributed by atoms with Crippen LogP contribution < -0.4 is 5.32 Å². The quantitative estimate of drug-likeness (QED) is 0.634. The number of hydrogen-bond donors (Lipinski definition) is 1. The maximum Gasteiger partial charge on any atom is 0.0205 e. The van der Waals surface area contributed by atoms with Crippen molar-refractivity contribution in [2.45, 2.75) is 32.7 Å². The minimum atomic E-state index is 0.274. The summed E-state index contributed by atoms with van der Waals surface area (Å²) in [5.74, 6) is 0. The van der Waals surface area contributed by atoms with E-state index in [-0.39, 0.29) is 5.54 Å². The lowest BCUT2D eigenvalue weighted by atomic mass is 9.99. The zero-order chi connectivity index (χ0) is 10.5. The van der Waals surface area contributed by atoms with Crippen LogP contribution in [0.5, 0.6) is 0 Å². The van der Waals surface area contributed by atoms with E-state index in [9.17, 15) is 0 Å². The van der Waals surface area contributed by atoms with Gasteiger partial charge in [0.05, 0.1) is 0 Å². The molecule has 0 saturated heterocycles. The van der Waals surface area contributed by atoms with Crippen molar-refractivity contribution in [3.63, 3.8) is 0 Å². The van der Waals surface area contributed by atoms with E-state index in [0.29, 0.717) is 0 Å². The molecule has 13 heavy (non-hydrogen) atoms. The summed E-state index contributed by atoms with van der Waals surface area (Å²) in [4.78, 5) is 2.35. The highest BCUT2D eigenvalue weighted by Gasteiger charge is 2.20. The van der Waals surface area contributed by atoms with E-state index in [4.69, 9.17) is 0 Å². The molecule has 1 N–H and O–H groups in total. The molecular weight excluding hydrogens is 160 g/mol. The largest absolute Gasteiger partial charge is 0.316 e. The van der Waals surface area contributed by atoms with Crippen LogP contribution in [0.25, 0.3) is 0 Å². The molecule has 0 fully saturated rings. The van der Waals surface area contributed by atoms with Crippen LogP contribution in [0.3, 0.4) is 0 Å². The third kappa shape index (κ3) is 4.44. The van der Waals surface area contributed by atoms with E-state index in [2.05, 4.69) is 44.6 Å². The Bertz CT molecular complexity index is 161. The molecule has 0 aliphatic carbocycles. The Kier molecular flexibility index (Phi) is 5.26. The molecule has 2 heteroatoms. The van der Waals surface area contributed by atoms with Gasteiger partial charge in [0.25, 0.3) is 0 Å². The van der Waals surface area contributed by atoms with Crippen LogP contribution in [-0.4, -0.2) is 37.6 Å². The van der Waals surface area contributed by atoms with Gasteiger partial charge in [0, 0.05) is 18.6 Å². The summed E-state index contributed by atoms with van der Waals surface area (Å²) in [6.45, 7) is 12.7. The molecule has 0 aromatic carbocycles. The smallest absolute Gasteiger partial charge is 0.0205 e. The van der Waals surface area contributed by atoms with Gasteiger partial charge in [-0.25, -0.2) is 0 Å². The highest BCUT2D eigenvalue weighted by atomic mass is 15.2. The Hall–Kier alpha value is -0.340. The number of likely N-dealkylation sites (N-methyl/N-ethyl adjacent to an activating group) is 2. The van der Waals surface area contributed by atoms with Crippen molar-refractivity contribution in [2.75, 3.05) is 27.2 Å². The molecule has 0 saturated carbocycles. The van der Waals surface area contributed by atoms with E-state index in [1.807, 2.05) is 7.05 Å². The second-order valence-corrected chi connectivity index (χ2v) is 4.30. The number of nitrogens with one attached hydrogen (secondary N) is 1. The summed E-state index contributed by atoms with van der Waals surface area (Å²) in [5, 5.41) is 3.12. The molecule has 0 aromatic rings. The molecule has 78 valence electrons. The number of nitrogens with zero attached hydrogens (tertiary/aromatic N) is 1. The molecule has 0 radical (unpaired) electrons. The van der Waals surface area contributed by atoms with Crippen molar-refractivity contribution in [1.82, 2.24) is 10.2 Å². The maximum absolute atomic E-state index is 4.03. The van der Waals surface area contributed by atoms with Gasteiger partial charge in [0.1, 0.15) is 0 Å². The monoisotopic (exact) mass is 184 g/mol. The highest BCUT2D eigenvalue weighted by Crippen LogP contribution is 2.16. The summed E-state index contributed by atoms with van der Waals surface area (Å²) in [5.41, 5.74) is 1.52. The van der Waals surface area contributed by atoms with Crippen LogP contribution in [0.1, 0.15) is 27.2 Å². The first kappa shape index (κ1) is 12.7. The highest BCUT2D eigenvalue weighted by molar-refractivity contribution is 5.00. The van der Waals surface area contributed by atoms with Crippen molar-refractivity contribution in [2.24, 2.45) is 0 Å². The molecule has 0 spiro atoms. The van der Waals surface area contributed by atoms with Crippen molar-refractivity contribution in [1.29, 1.82) is 0 Å². The maximum atomic E-state index is 4.03. The average molecular weight is 184 g/mol. The SMILES string of the molecule is C=C(CNC)CN(C)C(C)(C)CC. The van der Waals surface area contributed by atoms with Gasteiger partial charge in [-0.1, -0.05) is 13.5 Å². The molecular formula is C11H24N2. The zero-order valence-corrected chi connectivity index (χ0v) is 9.78. The lowest BCUT2D eigenvalue weighted by Crippen LogP contribution is -2.42. The minimum Gasteiger partial charge on any atom is -0.316 e. The van der Waals surface area contributed by atoms with E-state index in [1.54, 1.807) is 0 Å². The normalized spacial score (nSPS) is 12.2. The van der Waals surface area contributed by atoms with Crippen LogP contribution in [0.15, 0.2) is 12.2 Å². The predicted octanol–water partition coefficient (Wildman–Crippen LogP) is 1.88. The first-order chi connectivity index (χ1) is 5.94. The number of hydrogen-bond acceptors (Lipinski definition) is 2. The van der Waals surface area contributed by atoms with Crippen LogP contribution in [0.2, 0.25) is 0 Å². The zero-order valence-electron chi connectivity index (χ0n) is 9.78. The summed E-state index contributed by atoms with van der Waals surface area (Å²) in [7, 11) is 4.11. The average Bonchev–Trinajstić information content (AvgIpc) is 2.04. The van der Waals surface area contributed by atoms with E-state index >= 15 is 0 Å². The predicted molar refractivity (Wildman–Crippen MR) is 60.1 cm³/mol. The van der Waals surface area contributed by atoms with E-state index in [1.165, 1.54) is 5.57 Å². The molecule has 0 bridgehead atoms. The fourth-order valence-electron chi connectivity index (χ4n) is 1.13. The van der Waals surface area contributed by atoms with Crippen molar-refractivity contribution >= 4 is 0 Å². The van der Waals surface area contributed by atoms with Gasteiger partial charge in [-0.3, -0.25) is 4.90 Å². The van der Waals surface area contributed by atoms with Crippen molar-refractivity contribution in [3.8, 4) is 0 Å². The first-order valence-corrected chi connectivity index (χ1v) is 4.96. The van der Waals surface area contributed by atoms with Gasteiger partial charge in [0.2, 0.25) is 0 Å². The van der Waals surface area contributed by atoms with Gasteiger partial charge < -0.3 is 5.32 Å². The Morgan fingerprint density at radius 1 is 1.46 bits per heavy atom. The summed E-state index contributed by atoms with van der Waals surface area (Å²) in [6, 6.07) is 0. The molecule has 2 nitrogen and oxygen atoms in total. The molecule has 0 atom stereocenters. The lowest BCUT2D eigenvalue weighted by molar-refractivity contribution is 0.164. The Labute approximate surface area is 83.0 Å². The van der Waals surface area contributed by atoms with Crippen LogP contribution in [0, 0.1) is 0 Å². The summed E-state index contributed by atoms with van der Waals surface area (Å²) >= 11 is 0. The van der Waals surface area contributed by atoms with Gasteiger partial charge in [-0.05, 0) is 39.9 Å². The lowest BCUT2D eigenvalue weighted by Gasteiger charge is -2.35. The second-order valence-electron chi connectivity index (χ2n) is 4.30. The second kappa shape index (κ2) is 5.40. The summed E-state index contributed by atoms with van der Waals surface area (Å²) in [6.07, 6.45) is 1.16. The van der Waals surface area contributed by atoms with Crippen molar-refractivity contribution in [3.05, 3.63) is 12.2 Å². The van der Waals surface area contributed by atoms with Crippen LogP contribution in [-0.2, 0) is 0 Å². The Morgan fingerprint density at radius 3 is 2.38 bits per heavy atom. The van der Waals surface area contributed by atoms with E-state index < -0.39 is 0 Å². The standard InChI is InChI=1S/C11H24N2/c1-7-11(3,4)13(6)9-10(2)8-12-5/h12H,2,7-9H2,1,3-6H3. The third-order valence-electron chi connectivity index (χ3n) is 2.79. The van der Waals surface area contributed by atoms with Gasteiger partial charge in [-0.2, -0.15) is 0 Å². The molecule has 0 aliphatic heterocycles. The fourth-order valence-corrected chi connectivity index (χ4v) is 1.13. The molecule has 0 aromatic heterocycles. The molecule has 0 heterocycles. The summed E-state index contributed by atoms with van der Waals surface area (Å²) < 4.78 is 0. The Balaban J connectivity index is 3.99. The van der Waals surface area contributed by atoms with E-state index in [0.717, 1.165) is 19.5 Å².